The number of H-pyrrole nitrogens is 2. The molecule has 0 radical (unpaired) electrons. The predicted octanol–water partition coefficient (Wildman–Crippen LogP) is -4.80. The second-order valence-electron chi connectivity index (χ2n) is 15.5. The van der Waals surface area contributed by atoms with E-state index in [9.17, 15) is 53.4 Å². The maximum absolute atomic E-state index is 14.3. The summed E-state index contributed by atoms with van der Waals surface area (Å²) in [5.74, 6) is -8.06. The van der Waals surface area contributed by atoms with Crippen LogP contribution in [0, 0.1) is 0 Å². The zero-order valence-electron chi connectivity index (χ0n) is 37.5. The maximum Gasteiger partial charge on any atom is 0.303 e. The van der Waals surface area contributed by atoms with Crippen LogP contribution in [0.25, 0.3) is 10.9 Å². The molecule has 372 valence electrons. The summed E-state index contributed by atoms with van der Waals surface area (Å²) in [5, 5.41) is 37.8. The minimum Gasteiger partial charge on any atom is -0.481 e. The van der Waals surface area contributed by atoms with Gasteiger partial charge in [0.25, 0.3) is 0 Å². The van der Waals surface area contributed by atoms with Crippen molar-refractivity contribution in [2.45, 2.75) is 94.2 Å². The van der Waals surface area contributed by atoms with Gasteiger partial charge in [0, 0.05) is 54.8 Å². The van der Waals surface area contributed by atoms with Gasteiger partial charge in [-0.05, 0) is 56.2 Å². The standard InChI is InChI=1S/C41H61N15O11S/c1-21(50-36(63)28(11-13-68-2)51-32(58)16-42)35(62)53-27(9-10-33(59)60)37(64)55-30(15-23-18-46-20-49-23)39(66)54-29(14-22-17-48-25-7-4-3-6-24(22)25)38(65)56-31(19-57)40(67)52-26(34(43)61)8-5-12-47-41(44)45/h3-4,6-7,17-18,20-21,26-31,48,57H,5,8-16,19,42H2,1-2H3,(H2,43,61)(H,46,49)(H,50,63)(H,51,58)(H,52,67)(H,53,62)(H,54,66)(H,55,64)(H,56,65)(H,59,60)(H4,44,45,47)/t21-,26+,27-,28-,29-,30-,31+/m0/s1. The fraction of sp³-hybridized carbons (Fsp3) is 0.488. The lowest BCUT2D eigenvalue weighted by Crippen LogP contribution is -2.61. The van der Waals surface area contributed by atoms with E-state index in [4.69, 9.17) is 22.9 Å². The van der Waals surface area contributed by atoms with Crippen LogP contribution in [0.2, 0.25) is 0 Å². The summed E-state index contributed by atoms with van der Waals surface area (Å²) in [7, 11) is 0. The first kappa shape index (κ1) is 55.1. The largest absolute Gasteiger partial charge is 0.481 e. The van der Waals surface area contributed by atoms with Gasteiger partial charge in [0.15, 0.2) is 5.96 Å². The first-order chi connectivity index (χ1) is 32.4. The third-order valence-corrected chi connectivity index (χ3v) is 10.9. The molecule has 1 aromatic carbocycles. The molecule has 0 aliphatic carbocycles. The fourth-order valence-corrected chi connectivity index (χ4v) is 7.07. The molecule has 3 rings (SSSR count). The van der Waals surface area contributed by atoms with Gasteiger partial charge in [-0.25, -0.2) is 4.98 Å². The van der Waals surface area contributed by atoms with Crippen molar-refractivity contribution in [3.05, 3.63) is 54.2 Å². The molecule has 27 heteroatoms. The minimum absolute atomic E-state index is 0.0124. The van der Waals surface area contributed by atoms with Crippen molar-refractivity contribution >= 4 is 81.9 Å². The van der Waals surface area contributed by atoms with Crippen LogP contribution in [0.1, 0.15) is 50.3 Å². The number of carboxylic acid groups (broad SMARTS) is 1. The second kappa shape index (κ2) is 28.0. The molecular weight excluding hydrogens is 911 g/mol. The van der Waals surface area contributed by atoms with E-state index in [2.05, 4.69) is 57.2 Å². The number of para-hydroxylation sites is 1. The van der Waals surface area contributed by atoms with Crippen LogP contribution >= 0.6 is 11.8 Å². The lowest BCUT2D eigenvalue weighted by Gasteiger charge is -2.27. The topological polar surface area (TPSA) is 439 Å². The number of benzene rings is 1. The summed E-state index contributed by atoms with van der Waals surface area (Å²) in [6.45, 7) is 0.0960. The second-order valence-corrected chi connectivity index (χ2v) is 16.4. The monoisotopic (exact) mass is 971 g/mol. The highest BCUT2D eigenvalue weighted by atomic mass is 32.2. The number of hydrogen-bond acceptors (Lipinski definition) is 14. The molecule has 26 nitrogen and oxygen atoms in total. The Morgan fingerprint density at radius 1 is 0.735 bits per heavy atom. The van der Waals surface area contributed by atoms with Crippen LogP contribution in [0.3, 0.4) is 0 Å². The summed E-state index contributed by atoms with van der Waals surface area (Å²) >= 11 is 1.42. The molecular formula is C41H61N15O11S. The van der Waals surface area contributed by atoms with Gasteiger partial charge in [0.1, 0.15) is 42.3 Å². The van der Waals surface area contributed by atoms with Crippen molar-refractivity contribution in [3.63, 3.8) is 0 Å². The van der Waals surface area contributed by atoms with E-state index < -0.39 is 115 Å². The Morgan fingerprint density at radius 2 is 1.32 bits per heavy atom. The van der Waals surface area contributed by atoms with Gasteiger partial charge in [0.05, 0.1) is 19.5 Å². The highest BCUT2D eigenvalue weighted by Gasteiger charge is 2.34. The Morgan fingerprint density at radius 3 is 1.93 bits per heavy atom. The SMILES string of the molecule is CSCC[C@H](NC(=O)CN)C(=O)N[C@@H](C)C(=O)N[C@@H](CCC(=O)O)C(=O)N[C@@H](Cc1cnc[nH]1)C(=O)N[C@@H](Cc1c[nH]c2ccccc12)C(=O)N[C@H](CO)C(=O)N[C@H](CCCN=C(N)N)C(N)=O. The number of aliphatic carboxylic acids is 1. The molecule has 0 saturated heterocycles. The number of aromatic amines is 2. The number of amides is 8. The van der Waals surface area contributed by atoms with Crippen molar-refractivity contribution in [2.24, 2.45) is 27.9 Å². The van der Waals surface area contributed by atoms with E-state index >= 15 is 0 Å². The molecule has 0 aliphatic rings. The number of aliphatic hydroxyl groups excluding tert-OH is 1. The lowest BCUT2D eigenvalue weighted by atomic mass is 10.0. The highest BCUT2D eigenvalue weighted by Crippen LogP contribution is 2.19. The van der Waals surface area contributed by atoms with Crippen molar-refractivity contribution in [2.75, 3.05) is 31.7 Å². The number of carbonyl (C=O) groups excluding carboxylic acids is 8. The zero-order valence-corrected chi connectivity index (χ0v) is 38.4. The maximum atomic E-state index is 14.3. The molecule has 19 N–H and O–H groups in total. The van der Waals surface area contributed by atoms with Gasteiger partial charge in [-0.3, -0.25) is 48.1 Å². The van der Waals surface area contributed by atoms with E-state index in [1.165, 1.54) is 31.2 Å². The first-order valence-corrected chi connectivity index (χ1v) is 22.8. The van der Waals surface area contributed by atoms with Gasteiger partial charge >= 0.3 is 5.97 Å². The number of thioether (sulfide) groups is 1. The number of primary amides is 1. The van der Waals surface area contributed by atoms with Gasteiger partial charge in [0.2, 0.25) is 47.3 Å². The number of imidazole rings is 1. The summed E-state index contributed by atoms with van der Waals surface area (Å²) in [5.41, 5.74) is 23.1. The summed E-state index contributed by atoms with van der Waals surface area (Å²) in [6, 6.07) is -2.76. The molecule has 68 heavy (non-hydrogen) atoms. The molecule has 8 amide bonds. The Labute approximate surface area is 394 Å². The van der Waals surface area contributed by atoms with Crippen molar-refractivity contribution in [1.82, 2.24) is 52.2 Å². The number of guanidine groups is 1. The van der Waals surface area contributed by atoms with Gasteiger partial charge in [-0.2, -0.15) is 11.8 Å². The van der Waals surface area contributed by atoms with E-state index in [1.807, 2.05) is 0 Å². The number of nitrogens with two attached hydrogens (primary N) is 4. The molecule has 3 aromatic rings. The number of aliphatic imine (C=N–C) groups is 1. The predicted molar refractivity (Wildman–Crippen MR) is 249 cm³/mol. The van der Waals surface area contributed by atoms with Crippen LogP contribution in [-0.2, 0) is 56.0 Å². The molecule has 0 saturated carbocycles. The van der Waals surface area contributed by atoms with E-state index in [1.54, 1.807) is 36.7 Å². The minimum atomic E-state index is -1.65. The van der Waals surface area contributed by atoms with Crippen LogP contribution in [0.15, 0.2) is 48.0 Å². The van der Waals surface area contributed by atoms with Crippen molar-refractivity contribution in [3.8, 4) is 0 Å². The van der Waals surface area contributed by atoms with Crippen molar-refractivity contribution in [1.29, 1.82) is 0 Å². The molecule has 7 atom stereocenters. The van der Waals surface area contributed by atoms with Gasteiger partial charge in [-0.1, -0.05) is 18.2 Å². The summed E-state index contributed by atoms with van der Waals surface area (Å²) < 4.78 is 0. The number of nitrogens with zero attached hydrogens (tertiary/aromatic N) is 2. The number of carboxylic acids is 1. The fourth-order valence-electron chi connectivity index (χ4n) is 6.60. The molecule has 2 heterocycles. The number of hydrogen-bond donors (Lipinski definition) is 15. The van der Waals surface area contributed by atoms with Crippen LogP contribution in [0.5, 0.6) is 0 Å². The van der Waals surface area contributed by atoms with Crippen LogP contribution < -0.4 is 60.2 Å². The number of rotatable bonds is 30. The number of nitrogens with one attached hydrogen (secondary N) is 9. The molecule has 0 aliphatic heterocycles. The third kappa shape index (κ3) is 18.2. The normalized spacial score (nSPS) is 14.1. The van der Waals surface area contributed by atoms with Crippen LogP contribution in [0.4, 0.5) is 0 Å². The first-order valence-electron chi connectivity index (χ1n) is 21.4. The van der Waals surface area contributed by atoms with E-state index in [-0.39, 0.29) is 51.2 Å². The van der Waals surface area contributed by atoms with E-state index in [0.717, 1.165) is 0 Å². The Balaban J connectivity index is 1.90. The zero-order chi connectivity index (χ0) is 50.3. The Bertz CT molecular complexity index is 2240. The molecule has 0 unspecified atom stereocenters. The Hall–Kier alpha value is -7.26. The van der Waals surface area contributed by atoms with Crippen LogP contribution in [-0.4, -0.2) is 158 Å². The average Bonchev–Trinajstić information content (AvgIpc) is 3.98. The average molecular weight is 972 g/mol. The molecule has 2 aromatic heterocycles. The number of carbonyl (C=O) groups is 9. The molecule has 0 bridgehead atoms. The number of fused-ring (bicyclic) bond motifs is 1. The smallest absolute Gasteiger partial charge is 0.303 e. The van der Waals surface area contributed by atoms with E-state index in [0.29, 0.717) is 27.9 Å². The van der Waals surface area contributed by atoms with Gasteiger partial charge < -0.3 is 80.3 Å². The molecule has 0 fully saturated rings. The number of aromatic nitrogens is 3. The quantitative estimate of drug-likeness (QED) is 0.0169. The van der Waals surface area contributed by atoms with Gasteiger partial charge in [-0.15, -0.1) is 0 Å². The molecule has 0 spiro atoms. The van der Waals surface area contributed by atoms with Crippen molar-refractivity contribution < 1.29 is 53.4 Å². The summed E-state index contributed by atoms with van der Waals surface area (Å²) in [4.78, 5) is 132. The summed E-state index contributed by atoms with van der Waals surface area (Å²) in [6.07, 6.45) is 5.00. The number of aliphatic hydroxyl groups is 1. The third-order valence-electron chi connectivity index (χ3n) is 10.2. The highest BCUT2D eigenvalue weighted by molar-refractivity contribution is 7.98. The lowest BCUT2D eigenvalue weighted by molar-refractivity contribution is -0.138. The Kier molecular flexibility index (Phi) is 22.7.